The van der Waals surface area contributed by atoms with Crippen molar-refractivity contribution in [3.8, 4) is 0 Å². The first-order chi connectivity index (χ1) is 9.15. The molecule has 1 rings (SSSR count). The number of halogens is 1. The van der Waals surface area contributed by atoms with E-state index in [9.17, 15) is 0 Å². The monoisotopic (exact) mass is 411 g/mol. The summed E-state index contributed by atoms with van der Waals surface area (Å²) in [6.45, 7) is 5.96. The predicted octanol–water partition coefficient (Wildman–Crippen LogP) is 2.81. The second kappa shape index (κ2) is 11.3. The van der Waals surface area contributed by atoms with Gasteiger partial charge in [-0.3, -0.25) is 4.99 Å². The SMILES string of the molecule is CN=C(NCCCOC)NC(C)Cc1ccc(C)s1.I. The zero-order valence-corrected chi connectivity index (χ0v) is 15.9. The van der Waals surface area contributed by atoms with Crippen molar-refractivity contribution in [3.63, 3.8) is 0 Å². The van der Waals surface area contributed by atoms with Gasteiger partial charge in [-0.1, -0.05) is 0 Å². The Morgan fingerprint density at radius 2 is 2.20 bits per heavy atom. The maximum atomic E-state index is 5.02. The Kier molecular flexibility index (Phi) is 11.1. The van der Waals surface area contributed by atoms with Crippen LogP contribution in [0.15, 0.2) is 17.1 Å². The zero-order chi connectivity index (χ0) is 14.1. The van der Waals surface area contributed by atoms with Gasteiger partial charge in [0.05, 0.1) is 0 Å². The molecule has 0 aromatic carbocycles. The highest BCUT2D eigenvalue weighted by Crippen LogP contribution is 2.16. The zero-order valence-electron chi connectivity index (χ0n) is 12.7. The van der Waals surface area contributed by atoms with Crippen LogP contribution in [-0.4, -0.2) is 39.3 Å². The molecule has 1 unspecified atom stereocenters. The summed E-state index contributed by atoms with van der Waals surface area (Å²) < 4.78 is 5.02. The number of hydrogen-bond donors (Lipinski definition) is 2. The van der Waals surface area contributed by atoms with Crippen LogP contribution >= 0.6 is 35.3 Å². The van der Waals surface area contributed by atoms with Crippen molar-refractivity contribution in [1.29, 1.82) is 0 Å². The number of thiophene rings is 1. The van der Waals surface area contributed by atoms with Gasteiger partial charge in [0, 0.05) is 49.5 Å². The van der Waals surface area contributed by atoms with Crippen molar-refractivity contribution >= 4 is 41.3 Å². The fourth-order valence-corrected chi connectivity index (χ4v) is 2.82. The maximum Gasteiger partial charge on any atom is 0.191 e. The van der Waals surface area contributed by atoms with Gasteiger partial charge < -0.3 is 15.4 Å². The molecule has 1 atom stereocenters. The smallest absolute Gasteiger partial charge is 0.191 e. The van der Waals surface area contributed by atoms with Gasteiger partial charge in [-0.2, -0.15) is 0 Å². The van der Waals surface area contributed by atoms with Crippen molar-refractivity contribution in [3.05, 3.63) is 21.9 Å². The first-order valence-electron chi connectivity index (χ1n) is 6.67. The van der Waals surface area contributed by atoms with Gasteiger partial charge in [0.1, 0.15) is 0 Å². The Hall–Kier alpha value is -0.340. The molecule has 0 aliphatic rings. The molecule has 20 heavy (non-hydrogen) atoms. The van der Waals surface area contributed by atoms with Gasteiger partial charge in [-0.15, -0.1) is 35.3 Å². The Morgan fingerprint density at radius 3 is 2.75 bits per heavy atom. The Labute approximate surface area is 143 Å². The summed E-state index contributed by atoms with van der Waals surface area (Å²) in [4.78, 5) is 7.00. The largest absolute Gasteiger partial charge is 0.385 e. The van der Waals surface area contributed by atoms with Crippen LogP contribution < -0.4 is 10.6 Å². The van der Waals surface area contributed by atoms with Crippen molar-refractivity contribution in [1.82, 2.24) is 10.6 Å². The van der Waals surface area contributed by atoms with Crippen LogP contribution in [0.25, 0.3) is 0 Å². The fraction of sp³-hybridized carbons (Fsp3) is 0.643. The van der Waals surface area contributed by atoms with E-state index in [0.29, 0.717) is 6.04 Å². The van der Waals surface area contributed by atoms with E-state index in [1.54, 1.807) is 14.2 Å². The number of nitrogens with zero attached hydrogens (tertiary/aromatic N) is 1. The summed E-state index contributed by atoms with van der Waals surface area (Å²) in [5.74, 6) is 0.858. The molecule has 0 radical (unpaired) electrons. The van der Waals surface area contributed by atoms with Crippen LogP contribution in [0.5, 0.6) is 0 Å². The van der Waals surface area contributed by atoms with E-state index in [-0.39, 0.29) is 24.0 Å². The molecule has 1 heterocycles. The lowest BCUT2D eigenvalue weighted by atomic mass is 10.2. The van der Waals surface area contributed by atoms with E-state index in [0.717, 1.165) is 32.0 Å². The average molecular weight is 411 g/mol. The molecule has 0 spiro atoms. The van der Waals surface area contributed by atoms with Gasteiger partial charge in [0.2, 0.25) is 0 Å². The van der Waals surface area contributed by atoms with E-state index >= 15 is 0 Å². The summed E-state index contributed by atoms with van der Waals surface area (Å²) in [5.41, 5.74) is 0. The molecule has 0 aliphatic carbocycles. The Bertz CT molecular complexity index is 396. The number of guanidine groups is 1. The molecule has 2 N–H and O–H groups in total. The minimum Gasteiger partial charge on any atom is -0.385 e. The summed E-state index contributed by atoms with van der Waals surface area (Å²) in [6, 6.07) is 4.74. The van der Waals surface area contributed by atoms with Gasteiger partial charge in [0.25, 0.3) is 0 Å². The van der Waals surface area contributed by atoms with Gasteiger partial charge >= 0.3 is 0 Å². The van der Waals surface area contributed by atoms with Crippen LogP contribution in [0.1, 0.15) is 23.1 Å². The molecule has 0 aliphatic heterocycles. The molecule has 0 bridgehead atoms. The molecule has 116 valence electrons. The normalized spacial score (nSPS) is 12.7. The number of methoxy groups -OCH3 is 1. The van der Waals surface area contributed by atoms with E-state index in [2.05, 4.69) is 41.6 Å². The molecule has 0 saturated carbocycles. The molecule has 0 amide bonds. The summed E-state index contributed by atoms with van der Waals surface area (Å²) in [6.07, 6.45) is 2.01. The summed E-state index contributed by atoms with van der Waals surface area (Å²) >= 11 is 1.86. The Balaban J connectivity index is 0.00000361. The third-order valence-corrected chi connectivity index (χ3v) is 3.75. The molecular formula is C14H26IN3OS. The van der Waals surface area contributed by atoms with Crippen molar-refractivity contribution in [2.75, 3.05) is 27.3 Å². The van der Waals surface area contributed by atoms with Gasteiger partial charge in [-0.05, 0) is 32.4 Å². The lowest BCUT2D eigenvalue weighted by Crippen LogP contribution is -2.43. The lowest BCUT2D eigenvalue weighted by molar-refractivity contribution is 0.195. The first-order valence-corrected chi connectivity index (χ1v) is 7.48. The number of hydrogen-bond acceptors (Lipinski definition) is 3. The van der Waals surface area contributed by atoms with E-state index < -0.39 is 0 Å². The van der Waals surface area contributed by atoms with Crippen LogP contribution in [0.2, 0.25) is 0 Å². The van der Waals surface area contributed by atoms with Gasteiger partial charge in [0.15, 0.2) is 5.96 Å². The van der Waals surface area contributed by atoms with Crippen LogP contribution in [0, 0.1) is 6.92 Å². The first kappa shape index (κ1) is 19.7. The fourth-order valence-electron chi connectivity index (χ4n) is 1.80. The number of ether oxygens (including phenoxy) is 1. The molecule has 0 fully saturated rings. The van der Waals surface area contributed by atoms with E-state index in [1.165, 1.54) is 9.75 Å². The van der Waals surface area contributed by atoms with Crippen LogP contribution in [-0.2, 0) is 11.2 Å². The number of rotatable bonds is 7. The molecule has 6 heteroatoms. The molecule has 1 aromatic rings. The predicted molar refractivity (Wildman–Crippen MR) is 98.6 cm³/mol. The van der Waals surface area contributed by atoms with Crippen LogP contribution in [0.3, 0.4) is 0 Å². The highest BCUT2D eigenvalue weighted by Gasteiger charge is 2.07. The minimum atomic E-state index is 0. The van der Waals surface area contributed by atoms with Crippen molar-refractivity contribution in [2.45, 2.75) is 32.7 Å². The highest BCUT2D eigenvalue weighted by molar-refractivity contribution is 14.0. The topological polar surface area (TPSA) is 45.7 Å². The second-order valence-electron chi connectivity index (χ2n) is 4.61. The lowest BCUT2D eigenvalue weighted by Gasteiger charge is -2.17. The van der Waals surface area contributed by atoms with E-state index in [1.807, 2.05) is 11.3 Å². The Morgan fingerprint density at radius 1 is 1.45 bits per heavy atom. The summed E-state index contributed by atoms with van der Waals surface area (Å²) in [5, 5.41) is 6.69. The van der Waals surface area contributed by atoms with Gasteiger partial charge in [-0.25, -0.2) is 0 Å². The maximum absolute atomic E-state index is 5.02. The molecule has 4 nitrogen and oxygen atoms in total. The standard InChI is InChI=1S/C14H25N3OS.HI/c1-11(10-13-7-6-12(2)19-13)17-14(15-3)16-8-5-9-18-4;/h6-7,11H,5,8-10H2,1-4H3,(H2,15,16,17);1H. The third-order valence-electron chi connectivity index (χ3n) is 2.73. The van der Waals surface area contributed by atoms with E-state index in [4.69, 9.17) is 4.74 Å². The molecule has 1 aromatic heterocycles. The number of aliphatic imine (C=N–C) groups is 1. The number of aryl methyl sites for hydroxylation is 1. The second-order valence-corrected chi connectivity index (χ2v) is 5.98. The summed E-state index contributed by atoms with van der Waals surface area (Å²) in [7, 11) is 3.52. The van der Waals surface area contributed by atoms with Crippen LogP contribution in [0.4, 0.5) is 0 Å². The highest BCUT2D eigenvalue weighted by atomic mass is 127. The molecular weight excluding hydrogens is 385 g/mol. The third kappa shape index (κ3) is 8.06. The average Bonchev–Trinajstić information content (AvgIpc) is 2.78. The molecule has 0 saturated heterocycles. The quantitative estimate of drug-likeness (QED) is 0.314. The van der Waals surface area contributed by atoms with Crippen molar-refractivity contribution < 1.29 is 4.74 Å². The number of nitrogens with one attached hydrogen (secondary N) is 2. The van der Waals surface area contributed by atoms with Crippen molar-refractivity contribution in [2.24, 2.45) is 4.99 Å². The minimum absolute atomic E-state index is 0.